The predicted molar refractivity (Wildman–Crippen MR) is 105 cm³/mol. The summed E-state index contributed by atoms with van der Waals surface area (Å²) in [5, 5.41) is 0. The summed E-state index contributed by atoms with van der Waals surface area (Å²) >= 11 is 0. The molecule has 0 bridgehead atoms. The van der Waals surface area contributed by atoms with E-state index >= 15 is 0 Å². The second kappa shape index (κ2) is 18.3. The molecule has 0 aliphatic carbocycles. The van der Waals surface area contributed by atoms with Gasteiger partial charge in [-0.2, -0.15) is 0 Å². The van der Waals surface area contributed by atoms with Crippen molar-refractivity contribution in [1.82, 2.24) is 0 Å². The van der Waals surface area contributed by atoms with E-state index in [9.17, 15) is 0 Å². The zero-order valence-electron chi connectivity index (χ0n) is 16.9. The molecule has 0 aliphatic heterocycles. The van der Waals surface area contributed by atoms with Crippen molar-refractivity contribution in [1.29, 1.82) is 0 Å². The van der Waals surface area contributed by atoms with Crippen LogP contribution in [-0.2, 0) is 4.74 Å². The van der Waals surface area contributed by atoms with Gasteiger partial charge in [-0.1, -0.05) is 111 Å². The van der Waals surface area contributed by atoms with Crippen LogP contribution in [0.3, 0.4) is 0 Å². The first-order chi connectivity index (χ1) is 11.1. The smallest absolute Gasteiger partial charge is 0.0488 e. The Morgan fingerprint density at radius 2 is 0.870 bits per heavy atom. The van der Waals surface area contributed by atoms with Crippen molar-refractivity contribution in [2.75, 3.05) is 13.2 Å². The van der Waals surface area contributed by atoms with Crippen molar-refractivity contribution >= 4 is 0 Å². The number of rotatable bonds is 18. The average Bonchev–Trinajstić information content (AvgIpc) is 2.49. The van der Waals surface area contributed by atoms with Crippen LogP contribution in [-0.4, -0.2) is 13.2 Å². The fourth-order valence-corrected chi connectivity index (χ4v) is 3.02. The summed E-state index contributed by atoms with van der Waals surface area (Å²) in [6, 6.07) is 0. The minimum absolute atomic E-state index is 0.676. The molecule has 1 nitrogen and oxygen atoms in total. The summed E-state index contributed by atoms with van der Waals surface area (Å²) in [5.41, 5.74) is 0. The van der Waals surface area contributed by atoms with E-state index < -0.39 is 0 Å². The summed E-state index contributed by atoms with van der Waals surface area (Å²) in [6.07, 6.45) is 20.0. The van der Waals surface area contributed by atoms with Crippen LogP contribution in [0.5, 0.6) is 0 Å². The zero-order valence-corrected chi connectivity index (χ0v) is 16.9. The molecule has 0 unspecified atom stereocenters. The van der Waals surface area contributed by atoms with Gasteiger partial charge in [0.15, 0.2) is 0 Å². The maximum atomic E-state index is 5.61. The predicted octanol–water partition coefficient (Wildman–Crippen LogP) is 7.78. The maximum absolute atomic E-state index is 5.61. The van der Waals surface area contributed by atoms with Crippen molar-refractivity contribution in [3.8, 4) is 0 Å². The molecule has 0 saturated heterocycles. The molecule has 0 heterocycles. The maximum Gasteiger partial charge on any atom is 0.0488 e. The van der Waals surface area contributed by atoms with Crippen molar-refractivity contribution in [3.05, 3.63) is 0 Å². The van der Waals surface area contributed by atoms with Gasteiger partial charge in [-0.3, -0.25) is 0 Å². The largest absolute Gasteiger partial charge is 0.381 e. The Hall–Kier alpha value is -0.0400. The number of unbranched alkanes of at least 4 members (excludes halogenated alkanes) is 12. The lowest BCUT2D eigenvalue weighted by atomic mass is 10.0. The van der Waals surface area contributed by atoms with E-state index in [-0.39, 0.29) is 0 Å². The summed E-state index contributed by atoms with van der Waals surface area (Å²) in [7, 11) is 0. The molecule has 23 heavy (non-hydrogen) atoms. The topological polar surface area (TPSA) is 9.23 Å². The van der Waals surface area contributed by atoms with Gasteiger partial charge in [0.2, 0.25) is 0 Å². The first-order valence-corrected chi connectivity index (χ1v) is 10.7. The Kier molecular flexibility index (Phi) is 18.3. The van der Waals surface area contributed by atoms with Crippen LogP contribution in [0.1, 0.15) is 118 Å². The van der Waals surface area contributed by atoms with Crippen molar-refractivity contribution < 1.29 is 4.74 Å². The van der Waals surface area contributed by atoms with Crippen LogP contribution < -0.4 is 0 Å². The average molecular weight is 327 g/mol. The third kappa shape index (κ3) is 22.0. The number of hydrogen-bond donors (Lipinski definition) is 0. The van der Waals surface area contributed by atoms with E-state index in [2.05, 4.69) is 27.7 Å². The van der Waals surface area contributed by atoms with Gasteiger partial charge < -0.3 is 4.74 Å². The highest BCUT2D eigenvalue weighted by molar-refractivity contribution is 4.51. The molecule has 0 aromatic rings. The van der Waals surface area contributed by atoms with Crippen molar-refractivity contribution in [2.45, 2.75) is 118 Å². The van der Waals surface area contributed by atoms with Gasteiger partial charge in [0, 0.05) is 13.2 Å². The van der Waals surface area contributed by atoms with Crippen LogP contribution >= 0.6 is 0 Å². The molecule has 0 atom stereocenters. The Morgan fingerprint density at radius 3 is 1.26 bits per heavy atom. The molecule has 0 fully saturated rings. The molecule has 0 rings (SSSR count). The van der Waals surface area contributed by atoms with Gasteiger partial charge in [0.25, 0.3) is 0 Å². The molecule has 1 heteroatoms. The highest BCUT2D eigenvalue weighted by atomic mass is 16.5. The molecular weight excluding hydrogens is 280 g/mol. The minimum atomic E-state index is 0.676. The van der Waals surface area contributed by atoms with Gasteiger partial charge in [0.1, 0.15) is 0 Å². The van der Waals surface area contributed by atoms with Gasteiger partial charge in [-0.05, 0) is 18.3 Å². The Labute approximate surface area is 148 Å². The van der Waals surface area contributed by atoms with Crippen LogP contribution in [0.15, 0.2) is 0 Å². The lowest BCUT2D eigenvalue weighted by Gasteiger charge is -2.06. The fourth-order valence-electron chi connectivity index (χ4n) is 3.02. The lowest BCUT2D eigenvalue weighted by Crippen LogP contribution is -2.02. The third-order valence-corrected chi connectivity index (χ3v) is 4.52. The van der Waals surface area contributed by atoms with Gasteiger partial charge in [-0.25, -0.2) is 0 Å². The zero-order chi connectivity index (χ0) is 17.2. The first-order valence-electron chi connectivity index (χ1n) is 10.7. The first kappa shape index (κ1) is 23.0. The van der Waals surface area contributed by atoms with Gasteiger partial charge >= 0.3 is 0 Å². The number of hydrogen-bond acceptors (Lipinski definition) is 1. The van der Waals surface area contributed by atoms with Crippen molar-refractivity contribution in [2.24, 2.45) is 11.8 Å². The second-order valence-corrected chi connectivity index (χ2v) is 8.25. The molecule has 0 radical (unpaired) electrons. The van der Waals surface area contributed by atoms with E-state index in [0.29, 0.717) is 5.92 Å². The third-order valence-electron chi connectivity index (χ3n) is 4.52. The second-order valence-electron chi connectivity index (χ2n) is 8.25. The number of ether oxygens (including phenoxy) is 1. The minimum Gasteiger partial charge on any atom is -0.381 e. The molecule has 0 spiro atoms. The van der Waals surface area contributed by atoms with Gasteiger partial charge in [0.05, 0.1) is 0 Å². The molecule has 0 aliphatic rings. The lowest BCUT2D eigenvalue weighted by molar-refractivity contribution is 0.106. The molecule has 0 saturated carbocycles. The molecule has 0 aromatic carbocycles. The van der Waals surface area contributed by atoms with Crippen LogP contribution in [0, 0.1) is 11.8 Å². The molecule has 0 N–H and O–H groups in total. The highest BCUT2D eigenvalue weighted by Crippen LogP contribution is 2.14. The summed E-state index contributed by atoms with van der Waals surface area (Å²) in [5.74, 6) is 1.57. The standard InChI is InChI=1S/C22H46O/c1-21(2)18-16-14-12-10-8-6-5-7-9-11-13-15-17-19-23-20-22(3)4/h21-22H,5-20H2,1-4H3. The Bertz CT molecular complexity index is 188. The van der Waals surface area contributed by atoms with E-state index in [1.165, 1.54) is 89.9 Å². The van der Waals surface area contributed by atoms with Crippen molar-refractivity contribution in [3.63, 3.8) is 0 Å². The van der Waals surface area contributed by atoms with Crippen LogP contribution in [0.2, 0.25) is 0 Å². The van der Waals surface area contributed by atoms with E-state index in [1.807, 2.05) is 0 Å². The highest BCUT2D eigenvalue weighted by Gasteiger charge is 1.96. The van der Waals surface area contributed by atoms with Gasteiger partial charge in [-0.15, -0.1) is 0 Å². The molecule has 0 amide bonds. The fraction of sp³-hybridized carbons (Fsp3) is 1.00. The van der Waals surface area contributed by atoms with Crippen LogP contribution in [0.25, 0.3) is 0 Å². The summed E-state index contributed by atoms with van der Waals surface area (Å²) in [4.78, 5) is 0. The SMILES string of the molecule is CC(C)CCCCCCCCCCCCCCCOCC(C)C. The van der Waals surface area contributed by atoms with E-state index in [0.717, 1.165) is 19.1 Å². The summed E-state index contributed by atoms with van der Waals surface area (Å²) in [6.45, 7) is 11.0. The van der Waals surface area contributed by atoms with E-state index in [1.54, 1.807) is 0 Å². The Balaban J connectivity index is 2.97. The van der Waals surface area contributed by atoms with E-state index in [4.69, 9.17) is 4.74 Å². The summed E-state index contributed by atoms with van der Waals surface area (Å²) < 4.78 is 5.61. The molecular formula is C22H46O. The normalized spacial score (nSPS) is 11.7. The quantitative estimate of drug-likeness (QED) is 0.234. The molecule has 140 valence electrons. The monoisotopic (exact) mass is 326 g/mol. The molecule has 0 aromatic heterocycles. The van der Waals surface area contributed by atoms with Crippen LogP contribution in [0.4, 0.5) is 0 Å². The Morgan fingerprint density at radius 1 is 0.478 bits per heavy atom.